The third-order valence-electron chi connectivity index (χ3n) is 2.64. The molecule has 1 aromatic heterocycles. The lowest BCUT2D eigenvalue weighted by molar-refractivity contribution is 0.103. The second-order valence-electron chi connectivity index (χ2n) is 3.80. The number of nitrogen functional groups attached to an aromatic ring is 1. The van der Waals surface area contributed by atoms with Gasteiger partial charge in [0, 0.05) is 21.7 Å². The van der Waals surface area contributed by atoms with E-state index in [1.807, 2.05) is 13.0 Å². The molecule has 0 saturated carbocycles. The number of hydrogen-bond donors (Lipinski definition) is 1. The summed E-state index contributed by atoms with van der Waals surface area (Å²) in [6.07, 6.45) is 0. The molecule has 18 heavy (non-hydrogen) atoms. The van der Waals surface area contributed by atoms with E-state index in [1.54, 1.807) is 25.3 Å². The van der Waals surface area contributed by atoms with E-state index in [0.717, 1.165) is 8.66 Å². The van der Waals surface area contributed by atoms with Crippen LogP contribution in [0.15, 0.2) is 28.1 Å². The van der Waals surface area contributed by atoms with E-state index in [1.165, 1.54) is 11.3 Å². The number of nitrogens with two attached hydrogens (primary N) is 1. The molecule has 0 amide bonds. The lowest BCUT2D eigenvalue weighted by atomic mass is 10.0. The van der Waals surface area contributed by atoms with Crippen molar-refractivity contribution >= 4 is 38.7 Å². The summed E-state index contributed by atoms with van der Waals surface area (Å²) < 4.78 is 6.05. The molecule has 0 spiro atoms. The first-order chi connectivity index (χ1) is 8.52. The summed E-state index contributed by atoms with van der Waals surface area (Å²) in [4.78, 5) is 13.4. The third-order valence-corrected chi connectivity index (χ3v) is 4.19. The van der Waals surface area contributed by atoms with Gasteiger partial charge in [0.1, 0.15) is 5.75 Å². The highest BCUT2D eigenvalue weighted by molar-refractivity contribution is 9.11. The van der Waals surface area contributed by atoms with Gasteiger partial charge in [0.25, 0.3) is 0 Å². The van der Waals surface area contributed by atoms with E-state index in [-0.39, 0.29) is 5.78 Å². The molecule has 0 radical (unpaired) electrons. The first kappa shape index (κ1) is 13.1. The second-order valence-corrected chi connectivity index (χ2v) is 6.44. The Morgan fingerprint density at radius 1 is 1.33 bits per heavy atom. The Bertz CT molecular complexity index is 607. The Morgan fingerprint density at radius 2 is 2.06 bits per heavy atom. The summed E-state index contributed by atoms with van der Waals surface area (Å²) in [5.74, 6) is 0.547. The zero-order valence-corrected chi connectivity index (χ0v) is 12.4. The van der Waals surface area contributed by atoms with Crippen molar-refractivity contribution in [3.8, 4) is 5.75 Å². The molecule has 0 aliphatic rings. The zero-order valence-electron chi connectivity index (χ0n) is 9.99. The summed E-state index contributed by atoms with van der Waals surface area (Å²) in [7, 11) is 1.56. The minimum Gasteiger partial charge on any atom is -0.497 e. The molecule has 2 aromatic rings. The summed E-state index contributed by atoms with van der Waals surface area (Å²) in [5.41, 5.74) is 7.46. The second kappa shape index (κ2) is 5.12. The van der Waals surface area contributed by atoms with Crippen LogP contribution >= 0.6 is 27.3 Å². The van der Waals surface area contributed by atoms with Gasteiger partial charge in [0.2, 0.25) is 0 Å². The molecule has 1 heterocycles. The minimum atomic E-state index is -0.0779. The Balaban J connectivity index is 2.48. The van der Waals surface area contributed by atoms with Crippen LogP contribution in [-0.4, -0.2) is 12.9 Å². The van der Waals surface area contributed by atoms with Crippen LogP contribution in [-0.2, 0) is 0 Å². The molecule has 0 fully saturated rings. The lowest BCUT2D eigenvalue weighted by Crippen LogP contribution is -2.05. The normalized spacial score (nSPS) is 10.4. The first-order valence-electron chi connectivity index (χ1n) is 5.27. The van der Waals surface area contributed by atoms with Crippen molar-refractivity contribution < 1.29 is 9.53 Å². The number of carbonyl (C=O) groups is 1. The van der Waals surface area contributed by atoms with Gasteiger partial charge in [-0.05, 0) is 47.1 Å². The standard InChI is InChI=1S/C13H12BrNO2S/c1-7-9(6-12(14)18-7)13(16)10-5-8(17-2)3-4-11(10)15/h3-6H,15H2,1-2H3. The lowest BCUT2D eigenvalue weighted by Gasteiger charge is -2.07. The number of halogens is 1. The molecule has 0 unspecified atom stereocenters. The molecular weight excluding hydrogens is 314 g/mol. The number of ether oxygens (including phenoxy) is 1. The van der Waals surface area contributed by atoms with Gasteiger partial charge in [-0.1, -0.05) is 0 Å². The van der Waals surface area contributed by atoms with Crippen LogP contribution in [0, 0.1) is 6.92 Å². The van der Waals surface area contributed by atoms with Gasteiger partial charge in [0.15, 0.2) is 5.78 Å². The zero-order chi connectivity index (χ0) is 13.3. The molecule has 0 aliphatic carbocycles. The van der Waals surface area contributed by atoms with Crippen molar-refractivity contribution in [2.45, 2.75) is 6.92 Å². The van der Waals surface area contributed by atoms with Crippen molar-refractivity contribution in [3.63, 3.8) is 0 Å². The van der Waals surface area contributed by atoms with E-state index < -0.39 is 0 Å². The van der Waals surface area contributed by atoms with Crippen molar-refractivity contribution in [1.82, 2.24) is 0 Å². The topological polar surface area (TPSA) is 52.3 Å². The van der Waals surface area contributed by atoms with Crippen LogP contribution < -0.4 is 10.5 Å². The van der Waals surface area contributed by atoms with Gasteiger partial charge >= 0.3 is 0 Å². The predicted octanol–water partition coefficient (Wildman–Crippen LogP) is 3.64. The van der Waals surface area contributed by atoms with Gasteiger partial charge in [0.05, 0.1) is 10.9 Å². The van der Waals surface area contributed by atoms with Crippen LogP contribution in [0.2, 0.25) is 0 Å². The molecule has 0 aliphatic heterocycles. The van der Waals surface area contributed by atoms with Crippen molar-refractivity contribution in [2.75, 3.05) is 12.8 Å². The van der Waals surface area contributed by atoms with E-state index in [0.29, 0.717) is 22.6 Å². The highest BCUT2D eigenvalue weighted by atomic mass is 79.9. The summed E-state index contributed by atoms with van der Waals surface area (Å²) in [5, 5.41) is 0. The molecular formula is C13H12BrNO2S. The minimum absolute atomic E-state index is 0.0779. The van der Waals surface area contributed by atoms with Gasteiger partial charge in [-0.2, -0.15) is 0 Å². The number of methoxy groups -OCH3 is 1. The molecule has 3 nitrogen and oxygen atoms in total. The van der Waals surface area contributed by atoms with Crippen molar-refractivity contribution in [2.24, 2.45) is 0 Å². The fourth-order valence-corrected chi connectivity index (χ4v) is 3.36. The number of ketones is 1. The number of anilines is 1. The number of carbonyl (C=O) groups excluding carboxylic acids is 1. The Kier molecular flexibility index (Phi) is 3.73. The van der Waals surface area contributed by atoms with Crippen LogP contribution in [0.4, 0.5) is 5.69 Å². The molecule has 2 N–H and O–H groups in total. The molecule has 94 valence electrons. The smallest absolute Gasteiger partial charge is 0.196 e. The fourth-order valence-electron chi connectivity index (χ4n) is 1.68. The number of thiophene rings is 1. The molecule has 5 heteroatoms. The van der Waals surface area contributed by atoms with E-state index >= 15 is 0 Å². The number of benzene rings is 1. The average Bonchev–Trinajstić information content (AvgIpc) is 2.68. The highest BCUT2D eigenvalue weighted by Crippen LogP contribution is 2.30. The maximum Gasteiger partial charge on any atom is 0.196 e. The van der Waals surface area contributed by atoms with Crippen LogP contribution in [0.3, 0.4) is 0 Å². The number of hydrogen-bond acceptors (Lipinski definition) is 4. The van der Waals surface area contributed by atoms with Gasteiger partial charge < -0.3 is 10.5 Å². The Hall–Kier alpha value is -1.33. The van der Waals surface area contributed by atoms with E-state index in [4.69, 9.17) is 10.5 Å². The Labute approximate surface area is 118 Å². The average molecular weight is 326 g/mol. The largest absolute Gasteiger partial charge is 0.497 e. The molecule has 1 aromatic carbocycles. The monoisotopic (exact) mass is 325 g/mol. The first-order valence-corrected chi connectivity index (χ1v) is 6.88. The van der Waals surface area contributed by atoms with E-state index in [2.05, 4.69) is 15.9 Å². The maximum atomic E-state index is 12.4. The van der Waals surface area contributed by atoms with Gasteiger partial charge in [-0.3, -0.25) is 4.79 Å². The fraction of sp³-hybridized carbons (Fsp3) is 0.154. The predicted molar refractivity (Wildman–Crippen MR) is 77.6 cm³/mol. The quantitative estimate of drug-likeness (QED) is 0.692. The summed E-state index contributed by atoms with van der Waals surface area (Å²) in [6.45, 7) is 1.92. The SMILES string of the molecule is COc1ccc(N)c(C(=O)c2cc(Br)sc2C)c1. The summed E-state index contributed by atoms with van der Waals surface area (Å²) in [6, 6.07) is 6.91. The van der Waals surface area contributed by atoms with Crippen LogP contribution in [0.1, 0.15) is 20.8 Å². The van der Waals surface area contributed by atoms with Crippen molar-refractivity contribution in [3.05, 3.63) is 44.1 Å². The van der Waals surface area contributed by atoms with Crippen LogP contribution in [0.5, 0.6) is 5.75 Å². The maximum absolute atomic E-state index is 12.4. The van der Waals surface area contributed by atoms with Gasteiger partial charge in [-0.25, -0.2) is 0 Å². The third kappa shape index (κ3) is 2.42. The molecule has 2 rings (SSSR count). The number of aryl methyl sites for hydroxylation is 1. The highest BCUT2D eigenvalue weighted by Gasteiger charge is 2.17. The van der Waals surface area contributed by atoms with E-state index in [9.17, 15) is 4.79 Å². The Morgan fingerprint density at radius 3 is 2.61 bits per heavy atom. The van der Waals surface area contributed by atoms with Gasteiger partial charge in [-0.15, -0.1) is 11.3 Å². The van der Waals surface area contributed by atoms with Crippen molar-refractivity contribution in [1.29, 1.82) is 0 Å². The van der Waals surface area contributed by atoms with Crippen LogP contribution in [0.25, 0.3) is 0 Å². The number of rotatable bonds is 3. The summed E-state index contributed by atoms with van der Waals surface area (Å²) >= 11 is 4.91. The molecule has 0 saturated heterocycles. The molecule has 0 atom stereocenters. The molecule has 0 bridgehead atoms.